The van der Waals surface area contributed by atoms with Crippen molar-refractivity contribution >= 4 is 17.0 Å². The number of nitrogens with zero attached hydrogens (tertiary/aromatic N) is 3. The van der Waals surface area contributed by atoms with Crippen molar-refractivity contribution in [1.29, 1.82) is 0 Å². The molecule has 210 valence electrons. The zero-order valence-electron chi connectivity index (χ0n) is 23.9. The van der Waals surface area contributed by atoms with Crippen LogP contribution in [0.25, 0.3) is 10.9 Å². The Labute approximate surface area is 233 Å². The number of fused-ring (bicyclic) bond motifs is 1. The molecule has 6 heteroatoms. The Morgan fingerprint density at radius 2 is 1.62 bits per heavy atom. The summed E-state index contributed by atoms with van der Waals surface area (Å²) in [5.74, 6) is 1.69. The molecule has 1 saturated carbocycles. The third-order valence-electron chi connectivity index (χ3n) is 9.25. The topological polar surface area (TPSA) is 57.9 Å². The normalized spacial score (nSPS) is 20.9. The summed E-state index contributed by atoms with van der Waals surface area (Å²) in [7, 11) is 1.78. The first-order valence-corrected chi connectivity index (χ1v) is 14.8. The highest BCUT2D eigenvalue weighted by Gasteiger charge is 2.32. The number of ether oxygens (including phenoxy) is 1. The lowest BCUT2D eigenvalue weighted by Gasteiger charge is -2.42. The van der Waals surface area contributed by atoms with Gasteiger partial charge in [-0.1, -0.05) is 62.4 Å². The van der Waals surface area contributed by atoms with Crippen LogP contribution in [0.4, 0.5) is 4.79 Å². The molecule has 2 aromatic carbocycles. The Balaban J connectivity index is 1.30. The molecule has 2 aliphatic rings. The van der Waals surface area contributed by atoms with Gasteiger partial charge in [0.05, 0.1) is 13.2 Å². The van der Waals surface area contributed by atoms with E-state index in [1.54, 1.807) is 11.9 Å². The highest BCUT2D eigenvalue weighted by atomic mass is 16.6. The minimum absolute atomic E-state index is 0.0479. The molecule has 1 aliphatic heterocycles. The van der Waals surface area contributed by atoms with Crippen LogP contribution in [0, 0.1) is 11.8 Å². The minimum Gasteiger partial charge on any atom is -0.445 e. The first-order chi connectivity index (χ1) is 19.0. The molecule has 1 aliphatic carbocycles. The van der Waals surface area contributed by atoms with Gasteiger partial charge >= 0.3 is 6.09 Å². The molecule has 0 radical (unpaired) electrons. The van der Waals surface area contributed by atoms with E-state index in [1.807, 2.05) is 36.4 Å². The molecule has 1 amide bonds. The van der Waals surface area contributed by atoms with Crippen LogP contribution < -0.4 is 0 Å². The predicted molar refractivity (Wildman–Crippen MR) is 156 cm³/mol. The summed E-state index contributed by atoms with van der Waals surface area (Å²) in [5, 5.41) is 11.5. The average molecular weight is 532 g/mol. The highest BCUT2D eigenvalue weighted by molar-refractivity contribution is 5.86. The molecule has 39 heavy (non-hydrogen) atoms. The molecule has 6 nitrogen and oxygen atoms in total. The Kier molecular flexibility index (Phi) is 8.93. The second-order valence-corrected chi connectivity index (χ2v) is 11.9. The molecule has 1 N–H and O–H groups in total. The van der Waals surface area contributed by atoms with Gasteiger partial charge in [0.1, 0.15) is 6.61 Å². The molecular weight excluding hydrogens is 486 g/mol. The van der Waals surface area contributed by atoms with Crippen molar-refractivity contribution < 1.29 is 14.6 Å². The number of benzene rings is 2. The van der Waals surface area contributed by atoms with Crippen molar-refractivity contribution in [3.8, 4) is 0 Å². The van der Waals surface area contributed by atoms with Gasteiger partial charge in [0.25, 0.3) is 0 Å². The van der Waals surface area contributed by atoms with Crippen molar-refractivity contribution in [3.63, 3.8) is 0 Å². The van der Waals surface area contributed by atoms with E-state index in [0.29, 0.717) is 12.6 Å². The van der Waals surface area contributed by atoms with E-state index in [0.717, 1.165) is 71.5 Å². The molecule has 0 spiro atoms. The van der Waals surface area contributed by atoms with E-state index < -0.39 is 0 Å². The lowest BCUT2D eigenvalue weighted by Crippen LogP contribution is -2.44. The number of amides is 1. The number of hydrogen-bond donors (Lipinski definition) is 1. The smallest absolute Gasteiger partial charge is 0.410 e. The van der Waals surface area contributed by atoms with Gasteiger partial charge in [0.15, 0.2) is 0 Å². The first-order valence-electron chi connectivity index (χ1n) is 14.8. The fourth-order valence-corrected chi connectivity index (χ4v) is 6.91. The van der Waals surface area contributed by atoms with Gasteiger partial charge in [-0.05, 0) is 62.0 Å². The van der Waals surface area contributed by atoms with Gasteiger partial charge < -0.3 is 24.2 Å². The number of rotatable bonds is 8. The zero-order chi connectivity index (χ0) is 27.4. The van der Waals surface area contributed by atoms with Crippen LogP contribution in [0.1, 0.15) is 75.2 Å². The van der Waals surface area contributed by atoms with Crippen LogP contribution in [0.2, 0.25) is 0 Å². The molecule has 1 aromatic heterocycles. The number of carbonyl (C=O) groups excluding carboxylic acids is 1. The van der Waals surface area contributed by atoms with Crippen molar-refractivity contribution in [2.45, 2.75) is 84.2 Å². The Bertz CT molecular complexity index is 1220. The summed E-state index contributed by atoms with van der Waals surface area (Å²) in [6.07, 6.45) is 7.20. The maximum Gasteiger partial charge on any atom is 0.410 e. The number of carbonyl (C=O) groups is 1. The van der Waals surface area contributed by atoms with Crippen molar-refractivity contribution in [2.75, 3.05) is 20.1 Å². The van der Waals surface area contributed by atoms with Gasteiger partial charge in [-0.2, -0.15) is 0 Å². The van der Waals surface area contributed by atoms with Crippen LogP contribution in [-0.2, 0) is 24.5 Å². The fraction of sp³-hybridized carbons (Fsp3) is 0.545. The Morgan fingerprint density at radius 1 is 0.949 bits per heavy atom. The SMILES string of the molecule is CC(C)[C@H]1CC[C@@H](N2CCC(n3c(CN(C)C(=O)OCc4ccccc4)c(CO)c4ccccc43)CC2)CC1. The third kappa shape index (κ3) is 6.17. The Morgan fingerprint density at radius 3 is 2.28 bits per heavy atom. The fourth-order valence-electron chi connectivity index (χ4n) is 6.91. The van der Waals surface area contributed by atoms with Crippen molar-refractivity contribution in [1.82, 2.24) is 14.4 Å². The van der Waals surface area contributed by atoms with E-state index in [-0.39, 0.29) is 19.3 Å². The van der Waals surface area contributed by atoms with Crippen molar-refractivity contribution in [3.05, 3.63) is 71.4 Å². The molecule has 2 heterocycles. The lowest BCUT2D eigenvalue weighted by molar-refractivity contribution is 0.0871. The molecule has 1 saturated heterocycles. The van der Waals surface area contributed by atoms with E-state index in [4.69, 9.17) is 4.74 Å². The summed E-state index contributed by atoms with van der Waals surface area (Å²) >= 11 is 0. The summed E-state index contributed by atoms with van der Waals surface area (Å²) in [6, 6.07) is 19.2. The summed E-state index contributed by atoms with van der Waals surface area (Å²) in [6.45, 7) is 7.56. The van der Waals surface area contributed by atoms with E-state index in [1.165, 1.54) is 25.7 Å². The minimum atomic E-state index is -0.355. The number of para-hydroxylation sites is 1. The second kappa shape index (κ2) is 12.6. The van der Waals surface area contributed by atoms with Crippen LogP contribution in [0.3, 0.4) is 0 Å². The van der Waals surface area contributed by atoms with Crippen LogP contribution in [0.5, 0.6) is 0 Å². The largest absolute Gasteiger partial charge is 0.445 e. The molecule has 2 fully saturated rings. The van der Waals surface area contributed by atoms with Crippen LogP contribution in [0.15, 0.2) is 54.6 Å². The number of aliphatic hydroxyl groups excluding tert-OH is 1. The van der Waals surface area contributed by atoms with Crippen molar-refractivity contribution in [2.24, 2.45) is 11.8 Å². The molecular formula is C33H45N3O3. The first kappa shape index (κ1) is 27.7. The van der Waals surface area contributed by atoms with Gasteiger partial charge in [-0.3, -0.25) is 0 Å². The molecule has 3 aromatic rings. The van der Waals surface area contributed by atoms with Gasteiger partial charge in [0.2, 0.25) is 0 Å². The Hall–Kier alpha value is -2.83. The molecule has 0 atom stereocenters. The van der Waals surface area contributed by atoms with Gasteiger partial charge in [0, 0.05) is 54.4 Å². The lowest BCUT2D eigenvalue weighted by atomic mass is 9.79. The van der Waals surface area contributed by atoms with Crippen LogP contribution >= 0.6 is 0 Å². The van der Waals surface area contributed by atoms with Gasteiger partial charge in [-0.25, -0.2) is 4.79 Å². The third-order valence-corrected chi connectivity index (χ3v) is 9.25. The number of piperidine rings is 1. The zero-order valence-corrected chi connectivity index (χ0v) is 23.9. The van der Waals surface area contributed by atoms with Gasteiger partial charge in [-0.15, -0.1) is 0 Å². The summed E-state index contributed by atoms with van der Waals surface area (Å²) in [5.41, 5.74) is 4.06. The predicted octanol–water partition coefficient (Wildman–Crippen LogP) is 6.75. The maximum atomic E-state index is 12.9. The highest BCUT2D eigenvalue weighted by Crippen LogP contribution is 2.37. The summed E-state index contributed by atoms with van der Waals surface area (Å²) in [4.78, 5) is 17.3. The molecule has 0 bridgehead atoms. The van der Waals surface area contributed by atoms with E-state index >= 15 is 0 Å². The molecule has 5 rings (SSSR count). The average Bonchev–Trinajstić information content (AvgIpc) is 3.29. The second-order valence-electron chi connectivity index (χ2n) is 11.9. The maximum absolute atomic E-state index is 12.9. The number of aliphatic hydroxyl groups is 1. The molecule has 0 unspecified atom stereocenters. The van der Waals surface area contributed by atoms with E-state index in [2.05, 4.69) is 41.5 Å². The quantitative estimate of drug-likeness (QED) is 0.349. The summed E-state index contributed by atoms with van der Waals surface area (Å²) < 4.78 is 8.03. The number of likely N-dealkylation sites (tertiary alicyclic amines) is 1. The van der Waals surface area contributed by atoms with Crippen LogP contribution in [-0.4, -0.2) is 51.7 Å². The number of hydrogen-bond acceptors (Lipinski definition) is 4. The number of aromatic nitrogens is 1. The van der Waals surface area contributed by atoms with E-state index in [9.17, 15) is 9.90 Å². The monoisotopic (exact) mass is 531 g/mol. The standard InChI is InChI=1S/C33H45N3O3/c1-24(2)26-13-15-27(16-14-26)35-19-17-28(18-20-35)36-31-12-8-7-11-29(31)30(22-37)32(36)21-34(3)33(38)39-23-25-9-5-4-6-10-25/h4-12,24,26-28,37H,13-23H2,1-3H3/t26-,27+.